The lowest BCUT2D eigenvalue weighted by molar-refractivity contribution is -0.105. The summed E-state index contributed by atoms with van der Waals surface area (Å²) in [5.74, 6) is 1.05. The quantitative estimate of drug-likeness (QED) is 0.650. The van der Waals surface area contributed by atoms with Crippen LogP contribution in [-0.4, -0.2) is 6.29 Å². The van der Waals surface area contributed by atoms with Gasteiger partial charge in [0, 0.05) is 28.9 Å². The van der Waals surface area contributed by atoms with Crippen molar-refractivity contribution in [2.45, 2.75) is 12.3 Å². The van der Waals surface area contributed by atoms with E-state index < -0.39 is 0 Å². The van der Waals surface area contributed by atoms with E-state index in [-0.39, 0.29) is 5.92 Å². The Balaban J connectivity index is 1.88. The molecule has 0 spiro atoms. The summed E-state index contributed by atoms with van der Waals surface area (Å²) in [6.45, 7) is 0. The maximum atomic E-state index is 11.5. The molecule has 1 aromatic heterocycles. The van der Waals surface area contributed by atoms with Gasteiger partial charge in [0.25, 0.3) is 0 Å². The summed E-state index contributed by atoms with van der Waals surface area (Å²) in [4.78, 5) is 11.5. The second-order valence-electron chi connectivity index (χ2n) is 5.36. The second kappa shape index (κ2) is 4.74. The molecule has 4 rings (SSSR count). The van der Waals surface area contributed by atoms with Crippen molar-refractivity contribution in [1.82, 2.24) is 0 Å². The molecular weight excluding hydrogens is 260 g/mol. The van der Waals surface area contributed by atoms with Gasteiger partial charge in [-0.2, -0.15) is 0 Å². The standard InChI is InChI=1S/C19H14O2/c20-12-14-10-17-15-8-4-5-9-18(15)21-19(17)11-16(14)13-6-2-1-3-7-13/h1-10,12,16H,11H2/t16-/m1/s1. The molecule has 2 heteroatoms. The highest BCUT2D eigenvalue weighted by atomic mass is 16.3. The van der Waals surface area contributed by atoms with Gasteiger partial charge in [-0.3, -0.25) is 4.79 Å². The summed E-state index contributed by atoms with van der Waals surface area (Å²) in [6, 6.07) is 18.1. The molecule has 3 aromatic rings. The van der Waals surface area contributed by atoms with E-state index in [1.807, 2.05) is 48.5 Å². The molecule has 0 saturated heterocycles. The van der Waals surface area contributed by atoms with Crippen LogP contribution in [0.25, 0.3) is 17.0 Å². The minimum absolute atomic E-state index is 0.0803. The molecule has 0 unspecified atom stereocenters. The fraction of sp³-hybridized carbons (Fsp3) is 0.105. The van der Waals surface area contributed by atoms with Crippen LogP contribution >= 0.6 is 0 Å². The topological polar surface area (TPSA) is 30.2 Å². The predicted molar refractivity (Wildman–Crippen MR) is 83.1 cm³/mol. The Kier molecular flexibility index (Phi) is 2.74. The maximum Gasteiger partial charge on any atom is 0.146 e. The molecule has 0 fully saturated rings. The second-order valence-corrected chi connectivity index (χ2v) is 5.36. The van der Waals surface area contributed by atoms with Crippen LogP contribution in [0.3, 0.4) is 0 Å². The lowest BCUT2D eigenvalue weighted by Gasteiger charge is -2.20. The number of benzene rings is 2. The number of carbonyl (C=O) groups is 1. The van der Waals surface area contributed by atoms with Crippen LogP contribution in [0.1, 0.15) is 22.8 Å². The highest BCUT2D eigenvalue weighted by Gasteiger charge is 2.26. The fourth-order valence-corrected chi connectivity index (χ4v) is 3.11. The van der Waals surface area contributed by atoms with Crippen molar-refractivity contribution in [3.63, 3.8) is 0 Å². The van der Waals surface area contributed by atoms with Gasteiger partial charge in [-0.25, -0.2) is 0 Å². The molecule has 1 atom stereocenters. The first-order valence-electron chi connectivity index (χ1n) is 7.09. The smallest absolute Gasteiger partial charge is 0.146 e. The van der Waals surface area contributed by atoms with Crippen molar-refractivity contribution in [3.8, 4) is 0 Å². The molecular formula is C19H14O2. The summed E-state index contributed by atoms with van der Waals surface area (Å²) in [7, 11) is 0. The largest absolute Gasteiger partial charge is 0.460 e. The van der Waals surface area contributed by atoms with Gasteiger partial charge in [0.1, 0.15) is 17.6 Å². The number of fused-ring (bicyclic) bond motifs is 3. The van der Waals surface area contributed by atoms with Crippen LogP contribution in [0.2, 0.25) is 0 Å². The van der Waals surface area contributed by atoms with E-state index in [1.165, 1.54) is 0 Å². The molecule has 0 amide bonds. The Morgan fingerprint density at radius 2 is 1.76 bits per heavy atom. The molecule has 21 heavy (non-hydrogen) atoms. The first-order valence-corrected chi connectivity index (χ1v) is 7.09. The van der Waals surface area contributed by atoms with Crippen LogP contribution in [0.5, 0.6) is 0 Å². The number of rotatable bonds is 2. The number of para-hydroxylation sites is 1. The Labute approximate surface area is 122 Å². The van der Waals surface area contributed by atoms with Gasteiger partial charge in [0.2, 0.25) is 0 Å². The third kappa shape index (κ3) is 1.91. The van der Waals surface area contributed by atoms with Crippen molar-refractivity contribution in [2.75, 3.05) is 0 Å². The van der Waals surface area contributed by atoms with E-state index in [2.05, 4.69) is 12.1 Å². The average Bonchev–Trinajstić information content (AvgIpc) is 2.92. The SMILES string of the molecule is O=CC1=Cc2c(oc3ccccc23)C[C@@H]1c1ccccc1. The van der Waals surface area contributed by atoms with Gasteiger partial charge in [-0.05, 0) is 17.7 Å². The van der Waals surface area contributed by atoms with Gasteiger partial charge in [-0.15, -0.1) is 0 Å². The van der Waals surface area contributed by atoms with Gasteiger partial charge in [0.05, 0.1) is 0 Å². The number of carbonyl (C=O) groups excluding carboxylic acids is 1. The third-order valence-electron chi connectivity index (χ3n) is 4.15. The van der Waals surface area contributed by atoms with Gasteiger partial charge >= 0.3 is 0 Å². The van der Waals surface area contributed by atoms with Gasteiger partial charge in [-0.1, -0.05) is 48.5 Å². The molecule has 0 N–H and O–H groups in total. The Bertz CT molecular complexity index is 840. The first kappa shape index (κ1) is 12.2. The van der Waals surface area contributed by atoms with Crippen molar-refractivity contribution in [2.24, 2.45) is 0 Å². The zero-order valence-electron chi connectivity index (χ0n) is 11.5. The summed E-state index contributed by atoms with van der Waals surface area (Å²) in [5, 5.41) is 1.08. The monoisotopic (exact) mass is 274 g/mol. The molecule has 1 heterocycles. The maximum absolute atomic E-state index is 11.5. The molecule has 0 radical (unpaired) electrons. The zero-order chi connectivity index (χ0) is 14.2. The number of hydrogen-bond donors (Lipinski definition) is 0. The first-order chi connectivity index (χ1) is 10.4. The Hall–Kier alpha value is -2.61. The predicted octanol–water partition coefficient (Wildman–Crippen LogP) is 4.36. The normalized spacial score (nSPS) is 17.3. The van der Waals surface area contributed by atoms with E-state index in [0.29, 0.717) is 0 Å². The lowest BCUT2D eigenvalue weighted by atomic mass is 9.82. The number of aldehydes is 1. The minimum Gasteiger partial charge on any atom is -0.460 e. The summed E-state index contributed by atoms with van der Waals surface area (Å²) in [5.41, 5.74) is 3.92. The lowest BCUT2D eigenvalue weighted by Crippen LogP contribution is -2.11. The van der Waals surface area contributed by atoms with Gasteiger partial charge < -0.3 is 4.42 Å². The molecule has 0 bridgehead atoms. The van der Waals surface area contributed by atoms with Crippen LogP contribution in [0.15, 0.2) is 64.6 Å². The van der Waals surface area contributed by atoms with E-state index in [4.69, 9.17) is 4.42 Å². The Morgan fingerprint density at radius 3 is 2.57 bits per heavy atom. The van der Waals surface area contributed by atoms with Crippen molar-refractivity contribution >= 4 is 23.3 Å². The molecule has 1 aliphatic rings. The summed E-state index contributed by atoms with van der Waals surface area (Å²) >= 11 is 0. The Morgan fingerprint density at radius 1 is 1.00 bits per heavy atom. The molecule has 2 nitrogen and oxygen atoms in total. The van der Waals surface area contributed by atoms with Gasteiger partial charge in [0.15, 0.2) is 0 Å². The van der Waals surface area contributed by atoms with E-state index in [9.17, 15) is 4.79 Å². The zero-order valence-corrected chi connectivity index (χ0v) is 11.5. The van der Waals surface area contributed by atoms with E-state index in [1.54, 1.807) is 0 Å². The minimum atomic E-state index is 0.0803. The summed E-state index contributed by atoms with van der Waals surface area (Å²) in [6.07, 6.45) is 3.69. The molecule has 102 valence electrons. The fourth-order valence-electron chi connectivity index (χ4n) is 3.11. The molecule has 1 aliphatic carbocycles. The van der Waals surface area contributed by atoms with Crippen molar-refractivity contribution in [1.29, 1.82) is 0 Å². The molecule has 0 saturated carbocycles. The summed E-state index contributed by atoms with van der Waals surface area (Å²) < 4.78 is 5.97. The van der Waals surface area contributed by atoms with Crippen molar-refractivity contribution < 1.29 is 9.21 Å². The average molecular weight is 274 g/mol. The van der Waals surface area contributed by atoms with Crippen LogP contribution in [-0.2, 0) is 11.2 Å². The third-order valence-corrected chi connectivity index (χ3v) is 4.15. The molecule has 2 aromatic carbocycles. The molecule has 0 aliphatic heterocycles. The number of allylic oxidation sites excluding steroid dienone is 1. The van der Waals surface area contributed by atoms with E-state index in [0.717, 1.165) is 46.1 Å². The highest BCUT2D eigenvalue weighted by molar-refractivity contribution is 5.95. The van der Waals surface area contributed by atoms with E-state index >= 15 is 0 Å². The van der Waals surface area contributed by atoms with Crippen molar-refractivity contribution in [3.05, 3.63) is 77.1 Å². The van der Waals surface area contributed by atoms with Crippen LogP contribution in [0.4, 0.5) is 0 Å². The van der Waals surface area contributed by atoms with Crippen LogP contribution in [0, 0.1) is 0 Å². The highest BCUT2D eigenvalue weighted by Crippen LogP contribution is 2.39. The number of hydrogen-bond acceptors (Lipinski definition) is 2. The van der Waals surface area contributed by atoms with Crippen LogP contribution < -0.4 is 0 Å². The number of furan rings is 1.